The average Bonchev–Trinajstić information content (AvgIpc) is 2.58. The molecular formula is C19H24Cl2N2. The molecule has 1 atom stereocenters. The van der Waals surface area contributed by atoms with Gasteiger partial charge in [0.05, 0.1) is 6.04 Å². The van der Waals surface area contributed by atoms with E-state index in [1.54, 1.807) is 0 Å². The van der Waals surface area contributed by atoms with Crippen molar-refractivity contribution >= 4 is 24.8 Å². The van der Waals surface area contributed by atoms with E-state index in [1.807, 2.05) is 0 Å². The molecule has 0 amide bonds. The SMILES string of the molecule is C=C[C@H](c1ccc(-c2ccccc2)cc1)N1CCNCC1.Cl.Cl. The molecule has 1 saturated heterocycles. The van der Waals surface area contributed by atoms with Gasteiger partial charge in [-0.1, -0.05) is 60.7 Å². The Morgan fingerprint density at radius 2 is 1.43 bits per heavy atom. The molecule has 0 aromatic heterocycles. The van der Waals surface area contributed by atoms with Crippen LogP contribution in [-0.2, 0) is 0 Å². The van der Waals surface area contributed by atoms with Gasteiger partial charge >= 0.3 is 0 Å². The van der Waals surface area contributed by atoms with Crippen LogP contribution in [0.15, 0.2) is 67.3 Å². The molecule has 0 bridgehead atoms. The Labute approximate surface area is 151 Å². The zero-order valence-electron chi connectivity index (χ0n) is 13.2. The number of nitrogens with zero attached hydrogens (tertiary/aromatic N) is 1. The minimum atomic E-state index is 0. The van der Waals surface area contributed by atoms with Gasteiger partial charge < -0.3 is 5.32 Å². The fourth-order valence-electron chi connectivity index (χ4n) is 2.96. The standard InChI is InChI=1S/C19H22N2.2ClH/c1-2-19(21-14-12-20-13-15-21)18-10-8-17(9-11-18)16-6-4-3-5-7-16;;/h2-11,19-20H,1,12-15H2;2*1H/t19-;;/m1../s1. The van der Waals surface area contributed by atoms with Crippen molar-refractivity contribution in [2.75, 3.05) is 26.2 Å². The van der Waals surface area contributed by atoms with Crippen molar-refractivity contribution in [1.82, 2.24) is 10.2 Å². The van der Waals surface area contributed by atoms with Crippen molar-refractivity contribution in [2.24, 2.45) is 0 Å². The van der Waals surface area contributed by atoms with Gasteiger partial charge in [0.1, 0.15) is 0 Å². The maximum atomic E-state index is 4.03. The second-order valence-electron chi connectivity index (χ2n) is 5.45. The van der Waals surface area contributed by atoms with Crippen LogP contribution in [0, 0.1) is 0 Å². The van der Waals surface area contributed by atoms with E-state index in [4.69, 9.17) is 0 Å². The summed E-state index contributed by atoms with van der Waals surface area (Å²) in [6.45, 7) is 8.32. The van der Waals surface area contributed by atoms with E-state index in [-0.39, 0.29) is 24.8 Å². The summed E-state index contributed by atoms with van der Waals surface area (Å²) in [6.07, 6.45) is 2.06. The quantitative estimate of drug-likeness (QED) is 0.825. The fraction of sp³-hybridized carbons (Fsp3) is 0.263. The summed E-state index contributed by atoms with van der Waals surface area (Å²) in [4.78, 5) is 2.49. The van der Waals surface area contributed by atoms with Crippen LogP contribution < -0.4 is 5.32 Å². The molecule has 0 saturated carbocycles. The second kappa shape index (κ2) is 9.74. The lowest BCUT2D eigenvalue weighted by atomic mass is 9.99. The Hall–Kier alpha value is -1.32. The van der Waals surface area contributed by atoms with Gasteiger partial charge in [-0.25, -0.2) is 0 Å². The lowest BCUT2D eigenvalue weighted by Gasteiger charge is -2.33. The fourth-order valence-corrected chi connectivity index (χ4v) is 2.96. The molecule has 0 aliphatic carbocycles. The van der Waals surface area contributed by atoms with Crippen molar-refractivity contribution in [3.05, 3.63) is 72.8 Å². The third kappa shape index (κ3) is 4.82. The van der Waals surface area contributed by atoms with Gasteiger partial charge in [-0.2, -0.15) is 0 Å². The number of rotatable bonds is 4. The molecule has 23 heavy (non-hydrogen) atoms. The van der Waals surface area contributed by atoms with Crippen LogP contribution in [0.1, 0.15) is 11.6 Å². The summed E-state index contributed by atoms with van der Waals surface area (Å²) < 4.78 is 0. The Balaban J connectivity index is 0.00000132. The van der Waals surface area contributed by atoms with Crippen LogP contribution in [0.2, 0.25) is 0 Å². The molecule has 124 valence electrons. The summed E-state index contributed by atoms with van der Waals surface area (Å²) in [5, 5.41) is 3.40. The smallest absolute Gasteiger partial charge is 0.0529 e. The summed E-state index contributed by atoms with van der Waals surface area (Å²) in [6, 6.07) is 19.7. The molecule has 1 heterocycles. The number of hydrogen-bond acceptors (Lipinski definition) is 2. The number of piperazine rings is 1. The van der Waals surface area contributed by atoms with Crippen LogP contribution in [-0.4, -0.2) is 31.1 Å². The zero-order chi connectivity index (χ0) is 14.5. The molecule has 3 rings (SSSR count). The Bertz CT molecular complexity index is 578. The minimum absolute atomic E-state index is 0. The number of hydrogen-bond donors (Lipinski definition) is 1. The molecule has 1 aliphatic rings. The van der Waals surface area contributed by atoms with Crippen LogP contribution in [0.5, 0.6) is 0 Å². The summed E-state index contributed by atoms with van der Waals surface area (Å²) in [5.41, 5.74) is 3.86. The molecule has 2 nitrogen and oxygen atoms in total. The molecule has 0 spiro atoms. The third-order valence-electron chi connectivity index (χ3n) is 4.13. The molecule has 0 unspecified atom stereocenters. The topological polar surface area (TPSA) is 15.3 Å². The predicted octanol–water partition coefficient (Wildman–Crippen LogP) is 4.33. The lowest BCUT2D eigenvalue weighted by Crippen LogP contribution is -2.44. The maximum absolute atomic E-state index is 4.03. The highest BCUT2D eigenvalue weighted by Gasteiger charge is 2.19. The van der Waals surface area contributed by atoms with Crippen molar-refractivity contribution < 1.29 is 0 Å². The first-order valence-electron chi connectivity index (χ1n) is 7.61. The molecular weight excluding hydrogens is 327 g/mol. The molecule has 1 aliphatic heterocycles. The van der Waals surface area contributed by atoms with Gasteiger partial charge in [-0.3, -0.25) is 4.90 Å². The molecule has 2 aromatic rings. The van der Waals surface area contributed by atoms with Crippen molar-refractivity contribution in [3.8, 4) is 11.1 Å². The number of halogens is 2. The maximum Gasteiger partial charge on any atom is 0.0529 e. The van der Waals surface area contributed by atoms with Gasteiger partial charge in [0.15, 0.2) is 0 Å². The highest BCUT2D eigenvalue weighted by atomic mass is 35.5. The zero-order valence-corrected chi connectivity index (χ0v) is 14.8. The summed E-state index contributed by atoms with van der Waals surface area (Å²) >= 11 is 0. The minimum Gasteiger partial charge on any atom is -0.314 e. The van der Waals surface area contributed by atoms with Crippen LogP contribution in [0.4, 0.5) is 0 Å². The Kier molecular flexibility index (Phi) is 8.35. The van der Waals surface area contributed by atoms with Gasteiger partial charge in [0.25, 0.3) is 0 Å². The van der Waals surface area contributed by atoms with Crippen molar-refractivity contribution in [2.45, 2.75) is 6.04 Å². The van der Waals surface area contributed by atoms with E-state index in [0.717, 1.165) is 26.2 Å². The summed E-state index contributed by atoms with van der Waals surface area (Å²) in [5.74, 6) is 0. The van der Waals surface area contributed by atoms with Crippen LogP contribution in [0.3, 0.4) is 0 Å². The van der Waals surface area contributed by atoms with E-state index in [1.165, 1.54) is 16.7 Å². The number of benzene rings is 2. The van der Waals surface area contributed by atoms with E-state index in [2.05, 4.69) is 77.5 Å². The largest absolute Gasteiger partial charge is 0.314 e. The predicted molar refractivity (Wildman–Crippen MR) is 104 cm³/mol. The Morgan fingerprint density at radius 3 is 2.00 bits per heavy atom. The van der Waals surface area contributed by atoms with Crippen molar-refractivity contribution in [3.63, 3.8) is 0 Å². The molecule has 1 fully saturated rings. The van der Waals surface area contributed by atoms with Gasteiger partial charge in [-0.15, -0.1) is 31.4 Å². The first-order chi connectivity index (χ1) is 10.4. The van der Waals surface area contributed by atoms with Gasteiger partial charge in [-0.05, 0) is 16.7 Å². The van der Waals surface area contributed by atoms with Crippen LogP contribution in [0.25, 0.3) is 11.1 Å². The number of nitrogens with one attached hydrogen (secondary N) is 1. The average molecular weight is 351 g/mol. The Morgan fingerprint density at radius 1 is 0.870 bits per heavy atom. The third-order valence-corrected chi connectivity index (χ3v) is 4.13. The van der Waals surface area contributed by atoms with Gasteiger partial charge in [0, 0.05) is 26.2 Å². The molecule has 1 N–H and O–H groups in total. The van der Waals surface area contributed by atoms with E-state index in [9.17, 15) is 0 Å². The monoisotopic (exact) mass is 350 g/mol. The first kappa shape index (κ1) is 19.7. The van der Waals surface area contributed by atoms with E-state index >= 15 is 0 Å². The summed E-state index contributed by atoms with van der Waals surface area (Å²) in [7, 11) is 0. The van der Waals surface area contributed by atoms with E-state index < -0.39 is 0 Å². The lowest BCUT2D eigenvalue weighted by molar-refractivity contribution is 0.203. The van der Waals surface area contributed by atoms with Gasteiger partial charge in [0.2, 0.25) is 0 Å². The first-order valence-corrected chi connectivity index (χ1v) is 7.61. The highest BCUT2D eigenvalue weighted by molar-refractivity contribution is 5.85. The molecule has 2 aromatic carbocycles. The highest BCUT2D eigenvalue weighted by Crippen LogP contribution is 2.25. The molecule has 0 radical (unpaired) electrons. The van der Waals surface area contributed by atoms with E-state index in [0.29, 0.717) is 6.04 Å². The van der Waals surface area contributed by atoms with Crippen LogP contribution >= 0.6 is 24.8 Å². The second-order valence-corrected chi connectivity index (χ2v) is 5.45. The van der Waals surface area contributed by atoms with Crippen molar-refractivity contribution in [1.29, 1.82) is 0 Å². The molecule has 4 heteroatoms. The normalized spacial score (nSPS) is 15.8.